The van der Waals surface area contributed by atoms with Gasteiger partial charge < -0.3 is 19.4 Å². The molecule has 2 heterocycles. The first-order valence-electron chi connectivity index (χ1n) is 8.14. The Bertz CT molecular complexity index is 988. The number of aliphatic hydroxyl groups excluding tert-OH is 1. The van der Waals surface area contributed by atoms with Crippen LogP contribution in [0.5, 0.6) is 0 Å². The van der Waals surface area contributed by atoms with Crippen molar-refractivity contribution in [3.8, 4) is 0 Å². The molecule has 0 atom stereocenters. The van der Waals surface area contributed by atoms with Crippen LogP contribution in [0.15, 0.2) is 47.8 Å². The van der Waals surface area contributed by atoms with E-state index in [-0.39, 0.29) is 22.9 Å². The monoisotopic (exact) mass is 385 g/mol. The molecule has 3 rings (SSSR count). The maximum absolute atomic E-state index is 12.3. The predicted octanol–water partition coefficient (Wildman–Crippen LogP) is 2.88. The molecule has 0 unspecified atom stereocenters. The summed E-state index contributed by atoms with van der Waals surface area (Å²) in [5.74, 6) is 0.278. The fourth-order valence-electron chi connectivity index (χ4n) is 2.54. The van der Waals surface area contributed by atoms with Gasteiger partial charge in [-0.15, -0.1) is 16.8 Å². The normalized spacial score (nSPS) is 12.1. The van der Waals surface area contributed by atoms with Gasteiger partial charge in [0.15, 0.2) is 5.16 Å². The first kappa shape index (κ1) is 18.7. The van der Waals surface area contributed by atoms with E-state index in [1.165, 1.54) is 18.9 Å². The molecule has 8 nitrogen and oxygen atoms in total. The number of fused-ring (bicyclic) bond motifs is 1. The summed E-state index contributed by atoms with van der Waals surface area (Å²) in [5.41, 5.74) is 1.44. The second-order valence-electron chi connectivity index (χ2n) is 5.63. The van der Waals surface area contributed by atoms with Crippen LogP contribution >= 0.6 is 11.8 Å². The summed E-state index contributed by atoms with van der Waals surface area (Å²) in [6.45, 7) is 6.11. The molecule has 0 saturated heterocycles. The molecular weight excluding hydrogens is 366 g/mol. The van der Waals surface area contributed by atoms with Crippen molar-refractivity contribution >= 4 is 34.3 Å². The number of carbonyl (C=O) groups is 1. The molecule has 140 valence electrons. The number of benzene rings is 1. The van der Waals surface area contributed by atoms with E-state index in [1.807, 2.05) is 35.8 Å². The molecule has 9 heteroatoms. The number of thioether (sulfide) groups is 1. The number of para-hydroxylation sites is 2. The van der Waals surface area contributed by atoms with Crippen LogP contribution in [0.4, 0.5) is 0 Å². The van der Waals surface area contributed by atoms with Crippen molar-refractivity contribution in [2.45, 2.75) is 18.6 Å². The summed E-state index contributed by atoms with van der Waals surface area (Å²) in [6, 6.07) is 7.36. The van der Waals surface area contributed by atoms with Crippen LogP contribution in [0, 0.1) is 6.92 Å². The topological polar surface area (TPSA) is 106 Å². The van der Waals surface area contributed by atoms with E-state index in [1.54, 1.807) is 6.08 Å². The van der Waals surface area contributed by atoms with E-state index in [0.29, 0.717) is 17.2 Å². The van der Waals surface area contributed by atoms with Crippen LogP contribution < -0.4 is 0 Å². The first-order chi connectivity index (χ1) is 13.0. The zero-order chi connectivity index (χ0) is 19.4. The molecule has 0 saturated carbocycles. The van der Waals surface area contributed by atoms with Gasteiger partial charge in [0.05, 0.1) is 23.9 Å². The molecule has 0 bridgehead atoms. The number of esters is 1. The lowest BCUT2D eigenvalue weighted by atomic mass is 10.2. The standard InChI is InChI=1S/C18H19N5O3S/c1-4-9-23-11(2)21-22-18(23)27-10-14(24)15(17(25)26-3)16-19-12-7-5-6-8-13(12)20-16/h4-8,24H,1,9-10H2,2-3H3,(H,19,20). The van der Waals surface area contributed by atoms with Gasteiger partial charge in [-0.05, 0) is 19.1 Å². The van der Waals surface area contributed by atoms with Gasteiger partial charge in [-0.2, -0.15) is 0 Å². The number of nitrogens with one attached hydrogen (secondary N) is 1. The minimum Gasteiger partial charge on any atom is -0.510 e. The fourth-order valence-corrected chi connectivity index (χ4v) is 3.41. The molecule has 0 spiro atoms. The summed E-state index contributed by atoms with van der Waals surface area (Å²) in [6.07, 6.45) is 1.74. The van der Waals surface area contributed by atoms with Crippen molar-refractivity contribution in [2.24, 2.45) is 0 Å². The average molecular weight is 385 g/mol. The third-order valence-corrected chi connectivity index (χ3v) is 4.83. The number of hydrogen-bond acceptors (Lipinski definition) is 7. The Morgan fingerprint density at radius 2 is 2.19 bits per heavy atom. The zero-order valence-corrected chi connectivity index (χ0v) is 15.8. The maximum Gasteiger partial charge on any atom is 0.345 e. The number of H-pyrrole nitrogens is 1. The number of carbonyl (C=O) groups excluding carboxylic acids is 1. The van der Waals surface area contributed by atoms with E-state index in [4.69, 9.17) is 4.74 Å². The molecule has 0 amide bonds. The highest BCUT2D eigenvalue weighted by Gasteiger charge is 2.22. The third kappa shape index (κ3) is 3.87. The number of aromatic nitrogens is 5. The van der Waals surface area contributed by atoms with Gasteiger partial charge in [0, 0.05) is 6.54 Å². The van der Waals surface area contributed by atoms with Crippen LogP contribution in [0.3, 0.4) is 0 Å². The molecule has 0 aliphatic rings. The van der Waals surface area contributed by atoms with E-state index in [0.717, 1.165) is 11.3 Å². The molecule has 27 heavy (non-hydrogen) atoms. The fraction of sp³-hybridized carbons (Fsp3) is 0.222. The molecular formula is C18H19N5O3S. The van der Waals surface area contributed by atoms with Gasteiger partial charge in [-0.25, -0.2) is 9.78 Å². The van der Waals surface area contributed by atoms with E-state index < -0.39 is 5.97 Å². The highest BCUT2D eigenvalue weighted by Crippen LogP contribution is 2.25. The number of aliphatic hydroxyl groups is 1. The molecule has 0 fully saturated rings. The lowest BCUT2D eigenvalue weighted by molar-refractivity contribution is -0.133. The maximum atomic E-state index is 12.3. The van der Waals surface area contributed by atoms with Crippen molar-refractivity contribution < 1.29 is 14.6 Å². The quantitative estimate of drug-likeness (QED) is 0.212. The number of methoxy groups -OCH3 is 1. The Morgan fingerprint density at radius 3 is 2.89 bits per heavy atom. The Balaban J connectivity index is 1.92. The number of allylic oxidation sites excluding steroid dienone is 1. The number of rotatable bonds is 7. The van der Waals surface area contributed by atoms with Crippen LogP contribution in [0.25, 0.3) is 16.6 Å². The summed E-state index contributed by atoms with van der Waals surface area (Å²) in [4.78, 5) is 19.7. The number of nitrogens with zero attached hydrogens (tertiary/aromatic N) is 4. The summed E-state index contributed by atoms with van der Waals surface area (Å²) in [5, 5.41) is 19.3. The summed E-state index contributed by atoms with van der Waals surface area (Å²) in [7, 11) is 1.26. The van der Waals surface area contributed by atoms with Crippen molar-refractivity contribution in [1.29, 1.82) is 0 Å². The Kier molecular flexibility index (Phi) is 5.60. The van der Waals surface area contributed by atoms with Crippen LogP contribution in [0.1, 0.15) is 11.6 Å². The second kappa shape index (κ2) is 8.09. The number of aromatic amines is 1. The first-order valence-corrected chi connectivity index (χ1v) is 9.12. The van der Waals surface area contributed by atoms with E-state index >= 15 is 0 Å². The number of ether oxygens (including phenoxy) is 1. The van der Waals surface area contributed by atoms with Crippen LogP contribution in [-0.4, -0.2) is 48.7 Å². The zero-order valence-electron chi connectivity index (χ0n) is 15.0. The molecule has 0 radical (unpaired) electrons. The molecule has 1 aromatic carbocycles. The number of imidazole rings is 1. The molecule has 2 aromatic heterocycles. The highest BCUT2D eigenvalue weighted by atomic mass is 32.2. The average Bonchev–Trinajstić information content (AvgIpc) is 3.24. The molecule has 3 aromatic rings. The van der Waals surface area contributed by atoms with Gasteiger partial charge in [0.2, 0.25) is 0 Å². The van der Waals surface area contributed by atoms with Crippen molar-refractivity contribution in [1.82, 2.24) is 24.7 Å². The molecule has 0 aliphatic carbocycles. The van der Waals surface area contributed by atoms with Crippen molar-refractivity contribution in [3.05, 3.63) is 54.3 Å². The van der Waals surface area contributed by atoms with Gasteiger partial charge in [-0.3, -0.25) is 0 Å². The van der Waals surface area contributed by atoms with Gasteiger partial charge in [-0.1, -0.05) is 30.0 Å². The number of aryl methyl sites for hydroxylation is 1. The SMILES string of the molecule is C=CCn1c(C)nnc1SCC(O)=C(C(=O)OC)c1nc2ccccc2[nH]1. The van der Waals surface area contributed by atoms with Gasteiger partial charge in [0.1, 0.15) is 23.0 Å². The lowest BCUT2D eigenvalue weighted by Crippen LogP contribution is -2.10. The predicted molar refractivity (Wildman–Crippen MR) is 103 cm³/mol. The molecule has 0 aliphatic heterocycles. The minimum absolute atomic E-state index is 0.00675. The highest BCUT2D eigenvalue weighted by molar-refractivity contribution is 7.99. The second-order valence-corrected chi connectivity index (χ2v) is 6.58. The summed E-state index contributed by atoms with van der Waals surface area (Å²) < 4.78 is 6.69. The van der Waals surface area contributed by atoms with E-state index in [2.05, 4.69) is 26.7 Å². The van der Waals surface area contributed by atoms with E-state index in [9.17, 15) is 9.90 Å². The van der Waals surface area contributed by atoms with Gasteiger partial charge >= 0.3 is 5.97 Å². The van der Waals surface area contributed by atoms with Crippen molar-refractivity contribution in [2.75, 3.05) is 12.9 Å². The Hall–Kier alpha value is -3.07. The Labute approximate surface area is 160 Å². The third-order valence-electron chi connectivity index (χ3n) is 3.86. The largest absolute Gasteiger partial charge is 0.510 e. The number of hydrogen-bond donors (Lipinski definition) is 2. The smallest absolute Gasteiger partial charge is 0.345 e. The summed E-state index contributed by atoms with van der Waals surface area (Å²) >= 11 is 1.26. The van der Waals surface area contributed by atoms with Crippen LogP contribution in [0.2, 0.25) is 0 Å². The van der Waals surface area contributed by atoms with Gasteiger partial charge in [0.25, 0.3) is 0 Å². The Morgan fingerprint density at radius 1 is 1.41 bits per heavy atom. The van der Waals surface area contributed by atoms with Crippen LogP contribution in [-0.2, 0) is 16.1 Å². The lowest BCUT2D eigenvalue weighted by Gasteiger charge is -2.08. The molecule has 2 N–H and O–H groups in total. The minimum atomic E-state index is -0.670. The van der Waals surface area contributed by atoms with Crippen molar-refractivity contribution in [3.63, 3.8) is 0 Å².